The number of aromatic nitrogens is 2. The van der Waals surface area contributed by atoms with Crippen LogP contribution in [0, 0.1) is 5.92 Å². The molecule has 8 nitrogen and oxygen atoms in total. The fourth-order valence-corrected chi connectivity index (χ4v) is 3.81. The molecule has 0 radical (unpaired) electrons. The second kappa shape index (κ2) is 8.24. The summed E-state index contributed by atoms with van der Waals surface area (Å²) < 4.78 is 10.9. The summed E-state index contributed by atoms with van der Waals surface area (Å²) in [5.74, 6) is 0.323. The van der Waals surface area contributed by atoms with Gasteiger partial charge < -0.3 is 19.3 Å². The minimum atomic E-state index is -0.353. The Kier molecular flexibility index (Phi) is 5.53. The lowest BCUT2D eigenvalue weighted by molar-refractivity contribution is -0.135. The van der Waals surface area contributed by atoms with Gasteiger partial charge in [0.25, 0.3) is 0 Å². The largest absolute Gasteiger partial charge is 0.480 e. The Hall–Kier alpha value is -2.87. The molecule has 2 unspecified atom stereocenters. The molecular weight excluding hydrogens is 396 g/mol. The zero-order chi connectivity index (χ0) is 20.4. The average molecular weight is 417 g/mol. The number of amides is 2. The van der Waals surface area contributed by atoms with Crippen LogP contribution in [-0.2, 0) is 9.59 Å². The average Bonchev–Trinajstić information content (AvgIpc) is 3.35. The molecule has 2 aromatic rings. The van der Waals surface area contributed by atoms with Crippen LogP contribution in [0.1, 0.15) is 12.8 Å². The fraction of sp³-hybridized carbons (Fsp3) is 0.400. The number of rotatable bonds is 5. The number of nitrogens with zero attached hydrogens (tertiary/aromatic N) is 4. The Labute approximate surface area is 173 Å². The van der Waals surface area contributed by atoms with E-state index in [2.05, 4.69) is 9.97 Å². The van der Waals surface area contributed by atoms with Gasteiger partial charge in [0.05, 0.1) is 32.0 Å². The van der Waals surface area contributed by atoms with Gasteiger partial charge in [-0.05, 0) is 24.3 Å². The molecule has 1 aromatic heterocycles. The first kappa shape index (κ1) is 19.4. The molecule has 1 aromatic carbocycles. The molecular formula is C20H21ClN4O4. The van der Waals surface area contributed by atoms with Crippen molar-refractivity contribution in [3.63, 3.8) is 0 Å². The van der Waals surface area contributed by atoms with Crippen LogP contribution >= 0.6 is 11.6 Å². The Bertz CT molecular complexity index is 908. The number of hydrogen-bond donors (Lipinski definition) is 0. The molecule has 2 aliphatic rings. The van der Waals surface area contributed by atoms with Gasteiger partial charge in [0.15, 0.2) is 0 Å². The molecule has 0 spiro atoms. The van der Waals surface area contributed by atoms with Crippen LogP contribution in [0.4, 0.5) is 5.69 Å². The molecule has 2 amide bonds. The smallest absolute Gasteiger partial charge is 0.235 e. The van der Waals surface area contributed by atoms with Crippen LogP contribution in [0.15, 0.2) is 36.7 Å². The maximum atomic E-state index is 12.9. The van der Waals surface area contributed by atoms with Crippen molar-refractivity contribution >= 4 is 29.1 Å². The molecule has 0 bridgehead atoms. The van der Waals surface area contributed by atoms with Crippen molar-refractivity contribution in [3.8, 4) is 11.8 Å². The summed E-state index contributed by atoms with van der Waals surface area (Å²) in [6.07, 6.45) is 3.77. The maximum absolute atomic E-state index is 12.9. The van der Waals surface area contributed by atoms with E-state index in [1.54, 1.807) is 34.1 Å². The Morgan fingerprint density at radius 1 is 1.17 bits per heavy atom. The molecule has 29 heavy (non-hydrogen) atoms. The van der Waals surface area contributed by atoms with Gasteiger partial charge in [0.2, 0.25) is 23.6 Å². The van der Waals surface area contributed by atoms with E-state index in [0.717, 1.165) is 5.69 Å². The van der Waals surface area contributed by atoms with E-state index < -0.39 is 0 Å². The van der Waals surface area contributed by atoms with Crippen LogP contribution in [0.5, 0.6) is 11.8 Å². The summed E-state index contributed by atoms with van der Waals surface area (Å²) in [6.45, 7) is 1.43. The maximum Gasteiger partial charge on any atom is 0.235 e. The van der Waals surface area contributed by atoms with E-state index in [4.69, 9.17) is 21.1 Å². The number of likely N-dealkylation sites (tertiary alicyclic amines) is 1. The minimum Gasteiger partial charge on any atom is -0.480 e. The lowest BCUT2D eigenvalue weighted by Crippen LogP contribution is -2.37. The molecule has 2 atom stereocenters. The van der Waals surface area contributed by atoms with Crippen molar-refractivity contribution in [1.29, 1.82) is 0 Å². The molecule has 2 fully saturated rings. The summed E-state index contributed by atoms with van der Waals surface area (Å²) in [7, 11) is 1.51. The molecule has 4 rings (SSSR count). The predicted octanol–water partition coefficient (Wildman–Crippen LogP) is 2.17. The third-order valence-electron chi connectivity index (χ3n) is 5.16. The standard InChI is InChI=1S/C20H21ClN4O4/c1-28-17-9-22-10-18(23-17)29-16-6-7-24(12-16)20(27)13-8-19(26)25(11-13)15-4-2-14(21)3-5-15/h2-5,9-10,13,16H,6-8,11-12H2,1H3. The van der Waals surface area contributed by atoms with Crippen LogP contribution in [0.25, 0.3) is 0 Å². The van der Waals surface area contributed by atoms with Crippen molar-refractivity contribution in [2.75, 3.05) is 31.6 Å². The quantitative estimate of drug-likeness (QED) is 0.742. The molecule has 152 valence electrons. The van der Waals surface area contributed by atoms with E-state index in [0.29, 0.717) is 42.8 Å². The second-order valence-corrected chi connectivity index (χ2v) is 7.53. The summed E-state index contributed by atoms with van der Waals surface area (Å²) >= 11 is 5.92. The number of anilines is 1. The highest BCUT2D eigenvalue weighted by Gasteiger charge is 2.39. The van der Waals surface area contributed by atoms with Gasteiger partial charge in [-0.1, -0.05) is 11.6 Å². The van der Waals surface area contributed by atoms with Crippen molar-refractivity contribution in [3.05, 3.63) is 41.7 Å². The van der Waals surface area contributed by atoms with Crippen molar-refractivity contribution < 1.29 is 19.1 Å². The van der Waals surface area contributed by atoms with E-state index in [-0.39, 0.29) is 30.3 Å². The topological polar surface area (TPSA) is 84.9 Å². The molecule has 0 N–H and O–H groups in total. The molecule has 0 aliphatic carbocycles. The zero-order valence-electron chi connectivity index (χ0n) is 16.0. The molecule has 0 saturated carbocycles. The summed E-state index contributed by atoms with van der Waals surface area (Å²) in [5, 5.41) is 0.608. The van der Waals surface area contributed by atoms with E-state index in [9.17, 15) is 9.59 Å². The van der Waals surface area contributed by atoms with Crippen LogP contribution in [0.2, 0.25) is 5.02 Å². The van der Waals surface area contributed by atoms with E-state index in [1.807, 2.05) is 0 Å². The minimum absolute atomic E-state index is 0.0161. The molecule has 3 heterocycles. The predicted molar refractivity (Wildman–Crippen MR) is 106 cm³/mol. The number of hydrogen-bond acceptors (Lipinski definition) is 6. The first-order chi connectivity index (χ1) is 14.0. The monoisotopic (exact) mass is 416 g/mol. The number of carbonyl (C=O) groups is 2. The Morgan fingerprint density at radius 2 is 1.93 bits per heavy atom. The summed E-state index contributed by atoms with van der Waals surface area (Å²) in [6, 6.07) is 7.07. The normalized spacial score (nSPS) is 21.5. The highest BCUT2D eigenvalue weighted by Crippen LogP contribution is 2.28. The number of ether oxygens (including phenoxy) is 2. The van der Waals surface area contributed by atoms with Gasteiger partial charge in [-0.3, -0.25) is 14.6 Å². The second-order valence-electron chi connectivity index (χ2n) is 7.09. The Balaban J connectivity index is 1.35. The fourth-order valence-electron chi connectivity index (χ4n) is 3.68. The highest BCUT2D eigenvalue weighted by atomic mass is 35.5. The third-order valence-corrected chi connectivity index (χ3v) is 5.41. The highest BCUT2D eigenvalue weighted by molar-refractivity contribution is 6.30. The number of benzene rings is 1. The third kappa shape index (κ3) is 4.27. The van der Waals surface area contributed by atoms with Crippen LogP contribution in [0.3, 0.4) is 0 Å². The molecule has 2 saturated heterocycles. The van der Waals surface area contributed by atoms with Gasteiger partial charge in [0.1, 0.15) is 6.10 Å². The van der Waals surface area contributed by atoms with E-state index >= 15 is 0 Å². The molecule has 2 aliphatic heterocycles. The lowest BCUT2D eigenvalue weighted by atomic mass is 10.1. The van der Waals surface area contributed by atoms with Crippen LogP contribution in [-0.4, -0.2) is 59.5 Å². The van der Waals surface area contributed by atoms with Gasteiger partial charge in [-0.15, -0.1) is 0 Å². The van der Waals surface area contributed by atoms with E-state index in [1.165, 1.54) is 19.5 Å². The van der Waals surface area contributed by atoms with Gasteiger partial charge >= 0.3 is 0 Å². The summed E-state index contributed by atoms with van der Waals surface area (Å²) in [5.41, 5.74) is 0.758. The lowest BCUT2D eigenvalue weighted by Gasteiger charge is -2.21. The first-order valence-electron chi connectivity index (χ1n) is 9.41. The number of carbonyl (C=O) groups excluding carboxylic acids is 2. The Morgan fingerprint density at radius 3 is 2.69 bits per heavy atom. The SMILES string of the molecule is COc1cncc(OC2CCN(C(=O)C3CC(=O)N(c4ccc(Cl)cc4)C3)C2)n1. The number of halogens is 1. The number of methoxy groups -OCH3 is 1. The van der Waals surface area contributed by atoms with Gasteiger partial charge in [-0.2, -0.15) is 4.98 Å². The first-order valence-corrected chi connectivity index (χ1v) is 9.78. The van der Waals surface area contributed by atoms with Crippen molar-refractivity contribution in [2.24, 2.45) is 5.92 Å². The molecule has 9 heteroatoms. The van der Waals surface area contributed by atoms with Crippen molar-refractivity contribution in [1.82, 2.24) is 14.9 Å². The van der Waals surface area contributed by atoms with Gasteiger partial charge in [-0.25, -0.2) is 0 Å². The van der Waals surface area contributed by atoms with Crippen LogP contribution < -0.4 is 14.4 Å². The van der Waals surface area contributed by atoms with Crippen molar-refractivity contribution in [2.45, 2.75) is 18.9 Å². The summed E-state index contributed by atoms with van der Waals surface area (Å²) in [4.78, 5) is 37.0. The van der Waals surface area contributed by atoms with Gasteiger partial charge in [0, 0.05) is 36.6 Å². The zero-order valence-corrected chi connectivity index (χ0v) is 16.7.